The molecule has 2 aromatic rings. The van der Waals surface area contributed by atoms with Gasteiger partial charge in [-0.2, -0.15) is 0 Å². The van der Waals surface area contributed by atoms with E-state index in [1.807, 2.05) is 0 Å². The predicted molar refractivity (Wildman–Crippen MR) is 105 cm³/mol. The molecule has 26 heavy (non-hydrogen) atoms. The summed E-state index contributed by atoms with van der Waals surface area (Å²) in [7, 11) is 3.80. The maximum Gasteiger partial charge on any atom is 0.0749 e. The highest BCUT2D eigenvalue weighted by Crippen LogP contribution is 2.47. The van der Waals surface area contributed by atoms with Crippen molar-refractivity contribution in [2.75, 3.05) is 14.2 Å². The molecule has 4 nitrogen and oxygen atoms in total. The molecule has 2 heterocycles. The monoisotopic (exact) mass is 352 g/mol. The van der Waals surface area contributed by atoms with Crippen molar-refractivity contribution in [3.05, 3.63) is 59.3 Å². The minimum Gasteiger partial charge on any atom is -0.391 e. The van der Waals surface area contributed by atoms with Crippen LogP contribution in [0.1, 0.15) is 37.7 Å². The van der Waals surface area contributed by atoms with E-state index in [2.05, 4.69) is 66.8 Å². The van der Waals surface area contributed by atoms with Crippen molar-refractivity contribution < 1.29 is 9.94 Å². The third-order valence-electron chi connectivity index (χ3n) is 6.20. The smallest absolute Gasteiger partial charge is 0.0749 e. The molecule has 2 fully saturated rings. The van der Waals surface area contributed by atoms with Crippen molar-refractivity contribution >= 4 is 10.8 Å². The van der Waals surface area contributed by atoms with Crippen molar-refractivity contribution in [1.82, 2.24) is 10.4 Å². The van der Waals surface area contributed by atoms with E-state index in [1.165, 1.54) is 21.9 Å². The van der Waals surface area contributed by atoms with Gasteiger partial charge in [-0.3, -0.25) is 15.2 Å². The van der Waals surface area contributed by atoms with Gasteiger partial charge in [0.1, 0.15) is 0 Å². The highest BCUT2D eigenvalue weighted by molar-refractivity contribution is 5.83. The molecule has 2 unspecified atom stereocenters. The summed E-state index contributed by atoms with van der Waals surface area (Å²) in [4.78, 5) is 7.62. The van der Waals surface area contributed by atoms with Crippen LogP contribution in [0.4, 0.5) is 0 Å². The molecule has 4 atom stereocenters. The van der Waals surface area contributed by atoms with E-state index < -0.39 is 0 Å². The first-order valence-electron chi connectivity index (χ1n) is 9.54. The fraction of sp³-hybridized carbons (Fsp3) is 0.455. The highest BCUT2D eigenvalue weighted by atomic mass is 16.6. The Morgan fingerprint density at radius 1 is 1.19 bits per heavy atom. The zero-order chi connectivity index (χ0) is 18.3. The summed E-state index contributed by atoms with van der Waals surface area (Å²) < 4.78 is 0. The zero-order valence-corrected chi connectivity index (χ0v) is 15.8. The van der Waals surface area contributed by atoms with Crippen molar-refractivity contribution in [2.45, 2.75) is 50.3 Å². The molecule has 0 saturated carbocycles. The molecular formula is C22H28N2O2. The van der Waals surface area contributed by atoms with Crippen molar-refractivity contribution in [3.63, 3.8) is 0 Å². The molecule has 0 spiro atoms. The van der Waals surface area contributed by atoms with Crippen LogP contribution < -0.4 is 5.48 Å². The Morgan fingerprint density at radius 3 is 2.69 bits per heavy atom. The summed E-state index contributed by atoms with van der Waals surface area (Å²) in [6.07, 6.45) is 2.42. The van der Waals surface area contributed by atoms with E-state index in [-0.39, 0.29) is 12.1 Å². The lowest BCUT2D eigenvalue weighted by molar-refractivity contribution is 0.101. The number of aliphatic hydroxyl groups is 1. The van der Waals surface area contributed by atoms with Gasteiger partial charge in [-0.05, 0) is 48.2 Å². The van der Waals surface area contributed by atoms with Crippen LogP contribution in [-0.2, 0) is 4.84 Å². The molecule has 138 valence electrons. The molecule has 2 aliphatic rings. The van der Waals surface area contributed by atoms with Gasteiger partial charge in [0.15, 0.2) is 0 Å². The quantitative estimate of drug-likeness (QED) is 0.826. The number of aliphatic hydroxyl groups excluding tert-OH is 1. The van der Waals surface area contributed by atoms with Crippen LogP contribution in [0.5, 0.6) is 0 Å². The molecule has 0 aliphatic carbocycles. The van der Waals surface area contributed by atoms with E-state index >= 15 is 0 Å². The van der Waals surface area contributed by atoms with E-state index in [0.29, 0.717) is 12.0 Å². The summed E-state index contributed by atoms with van der Waals surface area (Å²) >= 11 is 0. The first-order chi connectivity index (χ1) is 12.6. The zero-order valence-electron chi connectivity index (χ0n) is 15.8. The molecule has 2 saturated heterocycles. The lowest BCUT2D eigenvalue weighted by Gasteiger charge is -2.40. The molecule has 0 radical (unpaired) electrons. The standard InChI is InChI=1S/C22H28N2O2/c1-4-19(23-26-3)21-18(12-17-13-20(25)22(21)24(17)2)16-10-9-14-7-5-6-8-15(14)11-16/h5-11,17-18,20,22-23,25H,4,12-13H2,1-3H3/t17?,18-,20?,22+/m1/s1. The van der Waals surface area contributed by atoms with Gasteiger partial charge in [-0.25, -0.2) is 0 Å². The number of benzene rings is 2. The van der Waals surface area contributed by atoms with Crippen LogP contribution in [0.15, 0.2) is 53.7 Å². The molecular weight excluding hydrogens is 324 g/mol. The average molecular weight is 352 g/mol. The van der Waals surface area contributed by atoms with E-state index in [4.69, 9.17) is 4.84 Å². The first kappa shape index (κ1) is 17.5. The summed E-state index contributed by atoms with van der Waals surface area (Å²) in [6, 6.07) is 15.8. The molecule has 4 rings (SSSR count). The Bertz CT molecular complexity index is 832. The number of rotatable bonds is 4. The second-order valence-electron chi connectivity index (χ2n) is 7.56. The maximum absolute atomic E-state index is 10.7. The number of nitrogens with zero attached hydrogens (tertiary/aromatic N) is 1. The molecule has 2 aromatic carbocycles. The number of fused-ring (bicyclic) bond motifs is 3. The third kappa shape index (κ3) is 2.82. The molecule has 2 aliphatic heterocycles. The Kier molecular flexibility index (Phi) is 4.74. The second-order valence-corrected chi connectivity index (χ2v) is 7.56. The van der Waals surface area contributed by atoms with Gasteiger partial charge in [-0.1, -0.05) is 49.4 Å². The van der Waals surface area contributed by atoms with Gasteiger partial charge in [0, 0.05) is 17.7 Å². The molecule has 2 bridgehead atoms. The Hall–Kier alpha value is -1.88. The predicted octanol–water partition coefficient (Wildman–Crippen LogP) is 3.58. The Labute approximate surface area is 155 Å². The molecule has 0 amide bonds. The van der Waals surface area contributed by atoms with Crippen LogP contribution in [-0.4, -0.2) is 42.4 Å². The minimum atomic E-state index is -0.314. The van der Waals surface area contributed by atoms with Crippen LogP contribution in [0.25, 0.3) is 10.8 Å². The van der Waals surface area contributed by atoms with Crippen LogP contribution >= 0.6 is 0 Å². The van der Waals surface area contributed by atoms with Crippen LogP contribution in [0, 0.1) is 0 Å². The van der Waals surface area contributed by atoms with Crippen molar-refractivity contribution in [2.24, 2.45) is 0 Å². The number of hydrogen-bond donors (Lipinski definition) is 2. The number of nitrogens with one attached hydrogen (secondary N) is 1. The van der Waals surface area contributed by atoms with Gasteiger partial charge in [0.2, 0.25) is 0 Å². The molecule has 4 heteroatoms. The fourth-order valence-electron chi connectivity index (χ4n) is 4.95. The highest BCUT2D eigenvalue weighted by Gasteiger charge is 2.48. The number of piperidine rings is 1. The van der Waals surface area contributed by atoms with Gasteiger partial charge in [-0.15, -0.1) is 0 Å². The van der Waals surface area contributed by atoms with E-state index in [1.54, 1.807) is 7.11 Å². The topological polar surface area (TPSA) is 44.7 Å². The SMILES string of the molecule is CCC(NOC)=C1[C@@H]2C(O)CC(C[C@@H]1c1ccc3ccccc3c1)N2C. The fourth-order valence-corrected chi connectivity index (χ4v) is 4.95. The normalized spacial score (nSPS) is 30.6. The number of likely N-dealkylation sites (N-methyl/N-ethyl adjacent to an activating group) is 1. The lowest BCUT2D eigenvalue weighted by Crippen LogP contribution is -2.45. The first-order valence-corrected chi connectivity index (χ1v) is 9.54. The lowest BCUT2D eigenvalue weighted by atomic mass is 9.78. The Balaban J connectivity index is 1.84. The van der Waals surface area contributed by atoms with Crippen molar-refractivity contribution in [3.8, 4) is 0 Å². The molecule has 2 N–H and O–H groups in total. The summed E-state index contributed by atoms with van der Waals surface area (Å²) in [5.41, 5.74) is 6.82. The summed E-state index contributed by atoms with van der Waals surface area (Å²) in [6.45, 7) is 2.14. The summed E-state index contributed by atoms with van der Waals surface area (Å²) in [5.74, 6) is 0.306. The van der Waals surface area contributed by atoms with Crippen LogP contribution in [0.3, 0.4) is 0 Å². The largest absolute Gasteiger partial charge is 0.391 e. The third-order valence-corrected chi connectivity index (χ3v) is 6.20. The number of hydrogen-bond acceptors (Lipinski definition) is 4. The van der Waals surface area contributed by atoms with E-state index in [9.17, 15) is 5.11 Å². The van der Waals surface area contributed by atoms with Crippen molar-refractivity contribution in [1.29, 1.82) is 0 Å². The number of allylic oxidation sites excluding steroid dienone is 1. The summed E-state index contributed by atoms with van der Waals surface area (Å²) in [5, 5.41) is 13.3. The van der Waals surface area contributed by atoms with Gasteiger partial charge < -0.3 is 5.11 Å². The maximum atomic E-state index is 10.7. The minimum absolute atomic E-state index is 0.0582. The average Bonchev–Trinajstić information content (AvgIpc) is 2.84. The second kappa shape index (κ2) is 7.03. The van der Waals surface area contributed by atoms with E-state index in [0.717, 1.165) is 25.0 Å². The molecule has 0 aromatic heterocycles. The Morgan fingerprint density at radius 2 is 1.96 bits per heavy atom. The number of hydroxylamine groups is 1. The van der Waals surface area contributed by atoms with Gasteiger partial charge >= 0.3 is 0 Å². The van der Waals surface area contributed by atoms with Gasteiger partial charge in [0.05, 0.1) is 19.3 Å². The van der Waals surface area contributed by atoms with Gasteiger partial charge in [0.25, 0.3) is 0 Å². The van der Waals surface area contributed by atoms with Crippen LogP contribution in [0.2, 0.25) is 0 Å².